The largest absolute Gasteiger partial charge is 0.497 e. The summed E-state index contributed by atoms with van der Waals surface area (Å²) in [6.45, 7) is 12.4. The average Bonchev–Trinajstić information content (AvgIpc) is 3.43. The number of phosphoric acid groups is 2. The van der Waals surface area contributed by atoms with Crippen molar-refractivity contribution >= 4 is 15.6 Å². The molecule has 0 spiro atoms. The number of rotatable bonds is 52. The third-order valence-corrected chi connectivity index (χ3v) is 14.5. The topological polar surface area (TPSA) is 242 Å². The summed E-state index contributed by atoms with van der Waals surface area (Å²) in [4.78, 5) is 5.85. The molecule has 6 atom stereocenters. The molecule has 0 bridgehead atoms. The van der Waals surface area contributed by atoms with Crippen molar-refractivity contribution in [1.29, 1.82) is 0 Å². The Hall–Kier alpha value is -3.80. The van der Waals surface area contributed by atoms with E-state index in [9.17, 15) is 20.2 Å². The van der Waals surface area contributed by atoms with Gasteiger partial charge in [-0.25, -0.2) is 9.13 Å². The first-order valence-electron chi connectivity index (χ1n) is 26.6. The number of benzene rings is 2. The first kappa shape index (κ1) is 67.3. The molecule has 0 fully saturated rings. The fraction of sp³-hybridized carbons (Fsp3) is 0.698. The van der Waals surface area contributed by atoms with E-state index in [0.29, 0.717) is 58.5 Å². The number of azide groups is 2. The third kappa shape index (κ3) is 33.9. The van der Waals surface area contributed by atoms with E-state index in [4.69, 9.17) is 55.6 Å². The van der Waals surface area contributed by atoms with Crippen LogP contribution in [-0.2, 0) is 68.4 Å². The van der Waals surface area contributed by atoms with Gasteiger partial charge in [-0.15, -0.1) is 13.2 Å². The predicted molar refractivity (Wildman–Crippen MR) is 292 cm³/mol. The summed E-state index contributed by atoms with van der Waals surface area (Å²) < 4.78 is 95.5. The molecule has 20 nitrogen and oxygen atoms in total. The number of hydrogen-bond acceptors (Lipinski definition) is 16. The van der Waals surface area contributed by atoms with Gasteiger partial charge in [-0.05, 0) is 91.4 Å². The number of nitrogens with zero attached hydrogens (tertiary/aromatic N) is 6. The molecule has 0 aliphatic rings. The molecular formula is C53H88N6O14P2. The van der Waals surface area contributed by atoms with Gasteiger partial charge < -0.3 is 28.4 Å². The number of methoxy groups -OCH3 is 2. The van der Waals surface area contributed by atoms with Crippen molar-refractivity contribution in [2.24, 2.45) is 10.2 Å². The van der Waals surface area contributed by atoms with Crippen LogP contribution in [0.1, 0.15) is 134 Å². The number of ether oxygens (including phenoxy) is 6. The Morgan fingerprint density at radius 3 is 1.25 bits per heavy atom. The van der Waals surface area contributed by atoms with Crippen molar-refractivity contribution in [2.75, 3.05) is 80.3 Å². The Bertz CT molecular complexity index is 1820. The summed E-state index contributed by atoms with van der Waals surface area (Å²) >= 11 is 0. The van der Waals surface area contributed by atoms with Crippen LogP contribution in [0.2, 0.25) is 0 Å². The van der Waals surface area contributed by atoms with Crippen molar-refractivity contribution in [3.63, 3.8) is 0 Å². The van der Waals surface area contributed by atoms with Crippen LogP contribution in [-0.4, -0.2) is 105 Å². The molecule has 0 heterocycles. The summed E-state index contributed by atoms with van der Waals surface area (Å²) in [6, 6.07) is 13.9. The monoisotopic (exact) mass is 1090 g/mol. The SMILES string of the molecule is C=CCOP(=O)(OCCCCCOP(=O)(OCC=C)OCC(COCC[C@@H](CCCCCCC)OCc1ccc(OC)cc1)N=[N+]=[N-])OCC(COCC[C@@H](CCCCCCC)OCc1ccc(OC)cc1)N=[N+]=[N-]. The molecule has 0 N–H and O–H groups in total. The van der Waals surface area contributed by atoms with Crippen LogP contribution >= 0.6 is 15.6 Å². The Labute approximate surface area is 447 Å². The van der Waals surface area contributed by atoms with E-state index < -0.39 is 27.7 Å². The molecule has 0 saturated carbocycles. The lowest BCUT2D eigenvalue weighted by molar-refractivity contribution is 0.00202. The summed E-state index contributed by atoms with van der Waals surface area (Å²) in [6.07, 6.45) is 18.6. The molecule has 2 rings (SSSR count). The Morgan fingerprint density at radius 1 is 0.507 bits per heavy atom. The van der Waals surface area contributed by atoms with Gasteiger partial charge in [-0.1, -0.05) is 125 Å². The van der Waals surface area contributed by atoms with Crippen LogP contribution < -0.4 is 9.47 Å². The van der Waals surface area contributed by atoms with E-state index in [2.05, 4.69) is 47.1 Å². The Morgan fingerprint density at radius 2 is 0.893 bits per heavy atom. The minimum absolute atomic E-state index is 0.0139. The molecule has 22 heteroatoms. The van der Waals surface area contributed by atoms with Crippen LogP contribution in [0.3, 0.4) is 0 Å². The molecule has 2 aromatic carbocycles. The third-order valence-electron chi connectivity index (χ3n) is 11.6. The number of phosphoric ester groups is 2. The minimum Gasteiger partial charge on any atom is -0.497 e. The van der Waals surface area contributed by atoms with E-state index in [1.807, 2.05) is 48.5 Å². The maximum absolute atomic E-state index is 13.6. The first-order chi connectivity index (χ1) is 36.6. The highest BCUT2D eigenvalue weighted by atomic mass is 31.2. The fourth-order valence-corrected chi connectivity index (χ4v) is 9.73. The highest BCUT2D eigenvalue weighted by Gasteiger charge is 2.29. The molecule has 424 valence electrons. The van der Waals surface area contributed by atoms with Crippen LogP contribution in [0.25, 0.3) is 20.9 Å². The summed E-state index contributed by atoms with van der Waals surface area (Å²) in [5.74, 6) is 1.57. The molecule has 2 aromatic rings. The smallest absolute Gasteiger partial charge is 0.475 e. The lowest BCUT2D eigenvalue weighted by Crippen LogP contribution is -2.22. The van der Waals surface area contributed by atoms with Crippen molar-refractivity contribution < 1.29 is 64.7 Å². The molecule has 0 aliphatic carbocycles. The fourth-order valence-electron chi connectivity index (χ4n) is 7.29. The molecule has 0 radical (unpaired) electrons. The highest BCUT2D eigenvalue weighted by Crippen LogP contribution is 2.51. The summed E-state index contributed by atoms with van der Waals surface area (Å²) in [5, 5.41) is 7.57. The average molecular weight is 1100 g/mol. The zero-order chi connectivity index (χ0) is 54.5. The first-order valence-corrected chi connectivity index (χ1v) is 29.5. The van der Waals surface area contributed by atoms with Crippen LogP contribution in [0.5, 0.6) is 11.5 Å². The van der Waals surface area contributed by atoms with Crippen molar-refractivity contribution in [2.45, 2.75) is 161 Å². The van der Waals surface area contributed by atoms with Crippen LogP contribution in [0, 0.1) is 0 Å². The zero-order valence-corrected chi connectivity index (χ0v) is 47.1. The standard InChI is InChI=1S/C53H88N6O14P2/c1-7-11-13-15-18-22-52(66-40-46-24-28-50(62-5)29-25-46)32-38-64-42-48(56-58-54)44-72-74(60,68-34-9-3)70-36-20-17-21-37-71-75(61,69-35-10-4)73-45-49(57-59-55)43-65-39-33-53(23-19-16-14-12-8-2)67-41-47-26-30-51(63-6)31-27-47/h9-10,24-31,48-49,52-53H,3-4,7-8,11-23,32-45H2,1-2,5-6H3/t48?,49?,52-,53-,74?,75?/m1/s1. The van der Waals surface area contributed by atoms with Gasteiger partial charge in [0.25, 0.3) is 0 Å². The molecule has 75 heavy (non-hydrogen) atoms. The lowest BCUT2D eigenvalue weighted by Gasteiger charge is -2.21. The number of unbranched alkanes of at least 4 members (excludes halogenated alkanes) is 10. The van der Waals surface area contributed by atoms with Crippen molar-refractivity contribution in [3.8, 4) is 11.5 Å². The normalized spacial score (nSPS) is 14.6. The van der Waals surface area contributed by atoms with Gasteiger partial charge in [0.05, 0.1) is 105 Å². The summed E-state index contributed by atoms with van der Waals surface area (Å²) in [5.41, 5.74) is 20.6. The molecule has 0 aliphatic heterocycles. The van der Waals surface area contributed by atoms with Crippen LogP contribution in [0.4, 0.5) is 0 Å². The zero-order valence-electron chi connectivity index (χ0n) is 45.3. The van der Waals surface area contributed by atoms with Gasteiger partial charge in [0.2, 0.25) is 0 Å². The van der Waals surface area contributed by atoms with Crippen molar-refractivity contribution in [3.05, 3.63) is 106 Å². The summed E-state index contributed by atoms with van der Waals surface area (Å²) in [7, 11) is -4.95. The number of hydrogen-bond donors (Lipinski definition) is 0. The minimum atomic E-state index is -4.11. The molecule has 0 saturated heterocycles. The van der Waals surface area contributed by atoms with E-state index >= 15 is 0 Å². The molecule has 0 aromatic heterocycles. The lowest BCUT2D eigenvalue weighted by atomic mass is 10.1. The quantitative estimate of drug-likeness (QED) is 0.0149. The molecule has 0 amide bonds. The van der Waals surface area contributed by atoms with Gasteiger partial charge in [-0.2, -0.15) is 0 Å². The van der Waals surface area contributed by atoms with Gasteiger partial charge in [0.15, 0.2) is 0 Å². The van der Waals surface area contributed by atoms with Gasteiger partial charge in [-0.3, -0.25) is 27.1 Å². The predicted octanol–water partition coefficient (Wildman–Crippen LogP) is 14.9. The highest BCUT2D eigenvalue weighted by molar-refractivity contribution is 7.48. The van der Waals surface area contributed by atoms with Gasteiger partial charge >= 0.3 is 15.6 Å². The van der Waals surface area contributed by atoms with Gasteiger partial charge in [0, 0.05) is 23.0 Å². The second kappa shape index (κ2) is 44.2. The van der Waals surface area contributed by atoms with Crippen molar-refractivity contribution in [1.82, 2.24) is 0 Å². The van der Waals surface area contributed by atoms with E-state index in [-0.39, 0.29) is 65.1 Å². The van der Waals surface area contributed by atoms with E-state index in [1.54, 1.807) is 14.2 Å². The maximum atomic E-state index is 13.6. The molecule has 4 unspecified atom stereocenters. The van der Waals surface area contributed by atoms with Gasteiger partial charge in [0.1, 0.15) is 11.5 Å². The molecular weight excluding hydrogens is 1010 g/mol. The Kier molecular flexibility index (Phi) is 39.7. The maximum Gasteiger partial charge on any atom is 0.475 e. The Balaban J connectivity index is 1.83. The van der Waals surface area contributed by atoms with E-state index in [0.717, 1.165) is 61.2 Å². The van der Waals surface area contributed by atoms with E-state index in [1.165, 1.54) is 50.7 Å². The second-order valence-corrected chi connectivity index (χ2v) is 21.1. The van der Waals surface area contributed by atoms with Crippen LogP contribution in [0.15, 0.2) is 84.1 Å². The second-order valence-electron chi connectivity index (χ2n) is 17.8.